The molecule has 2 aliphatic rings. The summed E-state index contributed by atoms with van der Waals surface area (Å²) in [5, 5.41) is 5.69. The van der Waals surface area contributed by atoms with Gasteiger partial charge in [-0.2, -0.15) is 0 Å². The van der Waals surface area contributed by atoms with Crippen molar-refractivity contribution in [3.63, 3.8) is 0 Å². The Hall–Kier alpha value is -6.01. The lowest BCUT2D eigenvalue weighted by atomic mass is 9.94. The van der Waals surface area contributed by atoms with Gasteiger partial charge in [-0.05, 0) is 47.3 Å². The van der Waals surface area contributed by atoms with Gasteiger partial charge in [-0.15, -0.1) is 0 Å². The molecule has 6 heteroatoms. The third-order valence-electron chi connectivity index (χ3n) is 7.90. The van der Waals surface area contributed by atoms with Gasteiger partial charge in [0.25, 0.3) is 0 Å². The lowest BCUT2D eigenvalue weighted by Crippen LogP contribution is -2.02. The van der Waals surface area contributed by atoms with Gasteiger partial charge in [0.1, 0.15) is 0 Å². The van der Waals surface area contributed by atoms with Gasteiger partial charge in [-0.25, -0.2) is 15.0 Å². The van der Waals surface area contributed by atoms with Crippen LogP contribution in [0.3, 0.4) is 0 Å². The van der Waals surface area contributed by atoms with Crippen molar-refractivity contribution in [1.82, 2.24) is 15.0 Å². The van der Waals surface area contributed by atoms with Crippen LogP contribution in [0.5, 0.6) is 23.0 Å². The zero-order chi connectivity index (χ0) is 28.3. The highest BCUT2D eigenvalue weighted by atomic mass is 16.6. The number of nitrogens with zero attached hydrogens (tertiary/aromatic N) is 3. The van der Waals surface area contributed by atoms with Gasteiger partial charge in [0.2, 0.25) is 0 Å². The number of anilines is 2. The van der Waals surface area contributed by atoms with Crippen LogP contribution in [0.1, 0.15) is 0 Å². The van der Waals surface area contributed by atoms with Crippen molar-refractivity contribution in [2.75, 3.05) is 5.32 Å². The van der Waals surface area contributed by atoms with Crippen molar-refractivity contribution in [2.45, 2.75) is 0 Å². The number of hydrogen-bond donors (Lipinski definition) is 1. The van der Waals surface area contributed by atoms with Crippen LogP contribution < -0.4 is 14.8 Å². The number of aromatic nitrogens is 3. The van der Waals surface area contributed by atoms with E-state index in [-0.39, 0.29) is 0 Å². The second-order valence-corrected chi connectivity index (χ2v) is 10.6. The molecule has 0 aliphatic carbocycles. The molecule has 0 spiro atoms. The topological polar surface area (TPSA) is 69.2 Å². The number of para-hydroxylation sites is 1. The SMILES string of the molecule is c1ccc(-c2nc(-c3ccccc3)nc(-c3ccc4c(c3)-c3cccc5ccc6c(c35)Oc3c(cccc3O6)N4)n2)cc1. The molecule has 43 heavy (non-hydrogen) atoms. The molecule has 7 aromatic rings. The maximum Gasteiger partial charge on any atom is 0.193 e. The summed E-state index contributed by atoms with van der Waals surface area (Å²) in [5.41, 5.74) is 6.56. The maximum absolute atomic E-state index is 6.59. The Kier molecular flexibility index (Phi) is 5.10. The number of nitrogens with one attached hydrogen (secondary N) is 1. The van der Waals surface area contributed by atoms with Crippen molar-refractivity contribution in [3.05, 3.63) is 127 Å². The highest BCUT2D eigenvalue weighted by Gasteiger charge is 2.28. The first-order valence-electron chi connectivity index (χ1n) is 14.1. The Balaban J connectivity index is 1.30. The van der Waals surface area contributed by atoms with E-state index < -0.39 is 0 Å². The minimum atomic E-state index is 0.600. The highest BCUT2D eigenvalue weighted by Crippen LogP contribution is 2.55. The molecular formula is C37H22N4O2. The van der Waals surface area contributed by atoms with Gasteiger partial charge >= 0.3 is 0 Å². The fourth-order valence-corrected chi connectivity index (χ4v) is 5.85. The molecule has 0 atom stereocenters. The molecule has 0 amide bonds. The van der Waals surface area contributed by atoms with E-state index in [9.17, 15) is 0 Å². The minimum Gasteiger partial charge on any atom is -0.449 e. The Labute approximate surface area is 247 Å². The van der Waals surface area contributed by atoms with E-state index in [4.69, 9.17) is 24.4 Å². The molecule has 6 nitrogen and oxygen atoms in total. The summed E-state index contributed by atoms with van der Waals surface area (Å²) in [6.07, 6.45) is 0. The molecule has 202 valence electrons. The quantitative estimate of drug-likeness (QED) is 0.234. The van der Waals surface area contributed by atoms with E-state index in [2.05, 4.69) is 47.8 Å². The lowest BCUT2D eigenvalue weighted by Gasteiger charge is -2.23. The summed E-state index contributed by atoms with van der Waals surface area (Å²) < 4.78 is 12.9. The number of ether oxygens (including phenoxy) is 2. The number of fused-ring (bicyclic) bond motifs is 2. The van der Waals surface area contributed by atoms with Crippen LogP contribution in [0.2, 0.25) is 0 Å². The molecule has 9 rings (SSSR count). The highest BCUT2D eigenvalue weighted by molar-refractivity contribution is 6.06. The molecule has 0 saturated heterocycles. The summed E-state index contributed by atoms with van der Waals surface area (Å²) in [6.45, 7) is 0. The van der Waals surface area contributed by atoms with Crippen LogP contribution >= 0.6 is 0 Å². The van der Waals surface area contributed by atoms with Crippen molar-refractivity contribution in [2.24, 2.45) is 0 Å². The second-order valence-electron chi connectivity index (χ2n) is 10.6. The molecule has 0 radical (unpaired) electrons. The normalized spacial score (nSPS) is 12.3. The second kappa shape index (κ2) is 9.26. The molecule has 1 aromatic heterocycles. The van der Waals surface area contributed by atoms with Crippen molar-refractivity contribution in [3.8, 4) is 68.3 Å². The van der Waals surface area contributed by atoms with Gasteiger partial charge in [-0.3, -0.25) is 0 Å². The average molecular weight is 555 g/mol. The standard InChI is InChI=1S/C37H22N4O2/c1-3-9-23(10-4-1)35-39-36(24-11-5-2-6-12-24)41-37(40-35)25-17-19-28-27(21-25)26-14-7-13-22-18-20-31-34(32(22)26)43-33-29(38-28)15-8-16-30(33)42-31/h1-21,38H. The molecule has 2 bridgehead atoms. The zero-order valence-corrected chi connectivity index (χ0v) is 22.8. The predicted octanol–water partition coefficient (Wildman–Crippen LogP) is 9.65. The van der Waals surface area contributed by atoms with Crippen LogP contribution in [-0.2, 0) is 0 Å². The Bertz CT molecular complexity index is 2160. The Morgan fingerprint density at radius 3 is 1.86 bits per heavy atom. The van der Waals surface area contributed by atoms with Crippen LogP contribution in [0.15, 0.2) is 127 Å². The van der Waals surface area contributed by atoms with E-state index in [1.54, 1.807) is 0 Å². The zero-order valence-electron chi connectivity index (χ0n) is 22.8. The van der Waals surface area contributed by atoms with E-state index in [0.29, 0.717) is 40.5 Å². The number of benzene rings is 6. The molecule has 6 aromatic carbocycles. The van der Waals surface area contributed by atoms with Crippen LogP contribution in [0.4, 0.5) is 11.4 Å². The van der Waals surface area contributed by atoms with Crippen LogP contribution in [-0.4, -0.2) is 15.0 Å². The first-order valence-corrected chi connectivity index (χ1v) is 14.1. The van der Waals surface area contributed by atoms with E-state index in [1.807, 2.05) is 84.9 Å². The van der Waals surface area contributed by atoms with Gasteiger partial charge < -0.3 is 14.8 Å². The van der Waals surface area contributed by atoms with Gasteiger partial charge in [0, 0.05) is 33.3 Å². The molecule has 0 saturated carbocycles. The molecular weight excluding hydrogens is 532 g/mol. The molecule has 2 aliphatic heterocycles. The van der Waals surface area contributed by atoms with E-state index >= 15 is 0 Å². The molecule has 1 N–H and O–H groups in total. The summed E-state index contributed by atoms with van der Waals surface area (Å²) >= 11 is 0. The monoisotopic (exact) mass is 554 g/mol. The van der Waals surface area contributed by atoms with Crippen molar-refractivity contribution >= 4 is 22.1 Å². The van der Waals surface area contributed by atoms with Crippen LogP contribution in [0.25, 0.3) is 56.1 Å². The van der Waals surface area contributed by atoms with E-state index in [1.165, 1.54) is 0 Å². The largest absolute Gasteiger partial charge is 0.449 e. The predicted molar refractivity (Wildman–Crippen MR) is 169 cm³/mol. The molecule has 0 fully saturated rings. The minimum absolute atomic E-state index is 0.600. The van der Waals surface area contributed by atoms with Crippen LogP contribution in [0, 0.1) is 0 Å². The molecule has 3 heterocycles. The van der Waals surface area contributed by atoms with Crippen molar-refractivity contribution < 1.29 is 9.47 Å². The van der Waals surface area contributed by atoms with Gasteiger partial charge in [-0.1, -0.05) is 91.0 Å². The maximum atomic E-state index is 6.59. The number of hydrogen-bond acceptors (Lipinski definition) is 6. The van der Waals surface area contributed by atoms with Gasteiger partial charge in [0.15, 0.2) is 40.5 Å². The first kappa shape index (κ1) is 23.7. The smallest absolute Gasteiger partial charge is 0.193 e. The third kappa shape index (κ3) is 3.85. The Morgan fingerprint density at radius 1 is 0.442 bits per heavy atom. The summed E-state index contributed by atoms with van der Waals surface area (Å²) in [5.74, 6) is 4.62. The average Bonchev–Trinajstić information content (AvgIpc) is 3.13. The van der Waals surface area contributed by atoms with Gasteiger partial charge in [0.05, 0.1) is 5.69 Å². The third-order valence-corrected chi connectivity index (χ3v) is 7.90. The van der Waals surface area contributed by atoms with E-state index in [0.717, 1.165) is 50.0 Å². The lowest BCUT2D eigenvalue weighted by molar-refractivity contribution is 0.365. The number of rotatable bonds is 3. The summed E-state index contributed by atoms with van der Waals surface area (Å²) in [4.78, 5) is 14.8. The Morgan fingerprint density at radius 2 is 1.12 bits per heavy atom. The fourth-order valence-electron chi connectivity index (χ4n) is 5.85. The van der Waals surface area contributed by atoms with Crippen molar-refractivity contribution in [1.29, 1.82) is 0 Å². The molecule has 0 unspecified atom stereocenters. The summed E-state index contributed by atoms with van der Waals surface area (Å²) in [7, 11) is 0. The summed E-state index contributed by atoms with van der Waals surface area (Å²) in [6, 6.07) is 42.6. The first-order chi connectivity index (χ1) is 21.3. The fraction of sp³-hybridized carbons (Fsp3) is 0.